The van der Waals surface area contributed by atoms with Crippen molar-refractivity contribution in [2.75, 3.05) is 0 Å². The summed E-state index contributed by atoms with van der Waals surface area (Å²) < 4.78 is 0. The van der Waals surface area contributed by atoms with Crippen molar-refractivity contribution in [1.29, 1.82) is 0 Å². The second-order valence-electron chi connectivity index (χ2n) is 3.83. The Morgan fingerprint density at radius 1 is 0.833 bits per heavy atom. The minimum absolute atomic E-state index is 0.961. The average molecular weight is 266 g/mol. The van der Waals surface area contributed by atoms with Gasteiger partial charge in [-0.3, -0.25) is 0 Å². The van der Waals surface area contributed by atoms with Gasteiger partial charge in [-0.2, -0.15) is 0 Å². The Balaban J connectivity index is 2.30. The van der Waals surface area contributed by atoms with E-state index >= 15 is 0 Å². The lowest BCUT2D eigenvalue weighted by Gasteiger charge is -2.09. The molecule has 18 heavy (non-hydrogen) atoms. The van der Waals surface area contributed by atoms with Crippen LogP contribution in [0, 0.1) is 12.3 Å². The van der Waals surface area contributed by atoms with Gasteiger partial charge in [-0.1, -0.05) is 30.2 Å². The van der Waals surface area contributed by atoms with E-state index in [1.165, 1.54) is 20.9 Å². The Labute approximate surface area is 115 Å². The quantitative estimate of drug-likeness (QED) is 0.564. The van der Waals surface area contributed by atoms with Crippen molar-refractivity contribution in [3.05, 3.63) is 58.8 Å². The van der Waals surface area contributed by atoms with Crippen molar-refractivity contribution in [1.82, 2.24) is 0 Å². The number of hydrogen-bond acceptors (Lipinski definition) is 2. The molecule has 0 saturated carbocycles. The Morgan fingerprint density at radius 3 is 2.17 bits per heavy atom. The monoisotopic (exact) mass is 266 g/mol. The van der Waals surface area contributed by atoms with Crippen LogP contribution in [0.25, 0.3) is 20.9 Å². The maximum atomic E-state index is 5.64. The SMILES string of the molecule is C#Cc1cccc(-c2cccs2)c1-c1cccs1. The van der Waals surface area contributed by atoms with Crippen LogP contribution in [-0.4, -0.2) is 0 Å². The molecule has 0 bridgehead atoms. The number of hydrogen-bond donors (Lipinski definition) is 0. The van der Waals surface area contributed by atoms with Gasteiger partial charge in [-0.15, -0.1) is 29.1 Å². The molecule has 2 aromatic heterocycles. The third kappa shape index (κ3) is 1.88. The van der Waals surface area contributed by atoms with Gasteiger partial charge in [0.1, 0.15) is 0 Å². The first-order valence-electron chi connectivity index (χ1n) is 5.57. The van der Waals surface area contributed by atoms with Gasteiger partial charge in [-0.05, 0) is 29.0 Å². The molecular formula is C16H10S2. The predicted octanol–water partition coefficient (Wildman–Crippen LogP) is 5.12. The molecule has 0 spiro atoms. The highest BCUT2D eigenvalue weighted by Gasteiger charge is 2.12. The molecule has 0 aliphatic carbocycles. The molecule has 2 heterocycles. The molecule has 1 aromatic carbocycles. The van der Waals surface area contributed by atoms with Gasteiger partial charge >= 0.3 is 0 Å². The summed E-state index contributed by atoms with van der Waals surface area (Å²) >= 11 is 3.47. The summed E-state index contributed by atoms with van der Waals surface area (Å²) in [7, 11) is 0. The van der Waals surface area contributed by atoms with Crippen LogP contribution < -0.4 is 0 Å². The lowest BCUT2D eigenvalue weighted by atomic mass is 9.99. The molecule has 0 amide bonds. The first kappa shape index (κ1) is 11.3. The third-order valence-electron chi connectivity index (χ3n) is 2.77. The summed E-state index contributed by atoms with van der Waals surface area (Å²) in [4.78, 5) is 2.49. The zero-order valence-electron chi connectivity index (χ0n) is 9.59. The molecule has 86 valence electrons. The Hall–Kier alpha value is -1.82. The Morgan fingerprint density at radius 2 is 1.56 bits per heavy atom. The lowest BCUT2D eigenvalue weighted by Crippen LogP contribution is -1.86. The first-order chi connectivity index (χ1) is 8.90. The fraction of sp³-hybridized carbons (Fsp3) is 0. The fourth-order valence-electron chi connectivity index (χ4n) is 2.00. The van der Waals surface area contributed by atoms with E-state index < -0.39 is 0 Å². The van der Waals surface area contributed by atoms with Crippen LogP contribution in [0.15, 0.2) is 53.2 Å². The summed E-state index contributed by atoms with van der Waals surface area (Å²) in [5, 5.41) is 4.18. The molecule has 3 aromatic rings. The highest BCUT2D eigenvalue weighted by molar-refractivity contribution is 7.14. The number of benzene rings is 1. The van der Waals surface area contributed by atoms with E-state index in [2.05, 4.69) is 47.0 Å². The zero-order valence-corrected chi connectivity index (χ0v) is 11.2. The zero-order chi connectivity index (χ0) is 12.4. The normalized spacial score (nSPS) is 10.2. The van der Waals surface area contributed by atoms with Crippen LogP contribution in [0.5, 0.6) is 0 Å². The Kier molecular flexibility index (Phi) is 3.02. The Bertz CT molecular complexity index is 683. The highest BCUT2D eigenvalue weighted by Crippen LogP contribution is 2.38. The molecule has 0 nitrogen and oxygen atoms in total. The number of rotatable bonds is 2. The van der Waals surface area contributed by atoms with E-state index in [0.717, 1.165) is 5.56 Å². The van der Waals surface area contributed by atoms with E-state index in [0.29, 0.717) is 0 Å². The second kappa shape index (κ2) is 4.81. The van der Waals surface area contributed by atoms with Gasteiger partial charge in [0.25, 0.3) is 0 Å². The maximum absolute atomic E-state index is 5.64. The van der Waals surface area contributed by atoms with Crippen molar-refractivity contribution in [3.8, 4) is 33.2 Å². The smallest absolute Gasteiger partial charge is 0.0361 e. The van der Waals surface area contributed by atoms with E-state index in [1.54, 1.807) is 22.7 Å². The molecule has 0 unspecified atom stereocenters. The van der Waals surface area contributed by atoms with Crippen molar-refractivity contribution in [2.24, 2.45) is 0 Å². The number of terminal acetylenes is 1. The minimum atomic E-state index is 0.961. The van der Waals surface area contributed by atoms with Gasteiger partial charge in [0.15, 0.2) is 0 Å². The van der Waals surface area contributed by atoms with E-state index in [-0.39, 0.29) is 0 Å². The molecule has 2 heteroatoms. The summed E-state index contributed by atoms with van der Waals surface area (Å²) in [5.74, 6) is 2.80. The van der Waals surface area contributed by atoms with Gasteiger partial charge in [0.2, 0.25) is 0 Å². The first-order valence-corrected chi connectivity index (χ1v) is 7.33. The van der Waals surface area contributed by atoms with Crippen molar-refractivity contribution >= 4 is 22.7 Å². The average Bonchev–Trinajstić information content (AvgIpc) is 3.10. The molecule has 0 radical (unpaired) electrons. The second-order valence-corrected chi connectivity index (χ2v) is 5.72. The molecule has 3 rings (SSSR count). The maximum Gasteiger partial charge on any atom is 0.0361 e. The van der Waals surface area contributed by atoms with Crippen LogP contribution in [-0.2, 0) is 0 Å². The van der Waals surface area contributed by atoms with Gasteiger partial charge in [-0.25, -0.2) is 0 Å². The van der Waals surface area contributed by atoms with Gasteiger partial charge in [0, 0.05) is 26.4 Å². The summed E-state index contributed by atoms with van der Waals surface area (Å²) in [5.41, 5.74) is 3.36. The topological polar surface area (TPSA) is 0 Å². The molecule has 0 aliphatic rings. The summed E-state index contributed by atoms with van der Waals surface area (Å²) in [6, 6.07) is 14.6. The van der Waals surface area contributed by atoms with Crippen molar-refractivity contribution < 1.29 is 0 Å². The van der Waals surface area contributed by atoms with Crippen molar-refractivity contribution in [2.45, 2.75) is 0 Å². The number of thiophene rings is 2. The highest BCUT2D eigenvalue weighted by atomic mass is 32.1. The molecule has 0 atom stereocenters. The van der Waals surface area contributed by atoms with Gasteiger partial charge in [0.05, 0.1) is 0 Å². The lowest BCUT2D eigenvalue weighted by molar-refractivity contribution is 1.63. The van der Waals surface area contributed by atoms with Crippen LogP contribution in [0.1, 0.15) is 5.56 Å². The van der Waals surface area contributed by atoms with Crippen LogP contribution >= 0.6 is 22.7 Å². The summed E-state index contributed by atoms with van der Waals surface area (Å²) in [6.07, 6.45) is 5.64. The largest absolute Gasteiger partial charge is 0.144 e. The van der Waals surface area contributed by atoms with E-state index in [1.807, 2.05) is 12.1 Å². The van der Waals surface area contributed by atoms with Crippen LogP contribution in [0.3, 0.4) is 0 Å². The minimum Gasteiger partial charge on any atom is -0.144 e. The van der Waals surface area contributed by atoms with Crippen molar-refractivity contribution in [3.63, 3.8) is 0 Å². The molecule has 0 saturated heterocycles. The fourth-order valence-corrected chi connectivity index (χ4v) is 3.55. The molecule has 0 fully saturated rings. The molecule has 0 aliphatic heterocycles. The third-order valence-corrected chi connectivity index (χ3v) is 4.56. The standard InChI is InChI=1S/C16H10S2/c1-2-12-6-3-7-13(14-8-4-10-17-14)16(12)15-9-5-11-18-15/h1,3-11H. The summed E-state index contributed by atoms with van der Waals surface area (Å²) in [6.45, 7) is 0. The predicted molar refractivity (Wildman–Crippen MR) is 81.0 cm³/mol. The van der Waals surface area contributed by atoms with Crippen LogP contribution in [0.4, 0.5) is 0 Å². The molecule has 0 N–H and O–H groups in total. The van der Waals surface area contributed by atoms with E-state index in [4.69, 9.17) is 6.42 Å². The molecular weight excluding hydrogens is 256 g/mol. The van der Waals surface area contributed by atoms with E-state index in [9.17, 15) is 0 Å². The van der Waals surface area contributed by atoms with Crippen LogP contribution in [0.2, 0.25) is 0 Å². The van der Waals surface area contributed by atoms with Gasteiger partial charge < -0.3 is 0 Å².